The number of carbonyl (C=O) groups is 2. The number of para-hydroxylation sites is 2. The van der Waals surface area contributed by atoms with Crippen molar-refractivity contribution >= 4 is 38.7 Å². The SMILES string of the molecule is COc1ccccc1OCC(=O)NNC(=O)c1cc2cc(Br)ccc2oc1=O. The molecule has 3 aromatic rings. The van der Waals surface area contributed by atoms with Gasteiger partial charge >= 0.3 is 5.63 Å². The van der Waals surface area contributed by atoms with E-state index in [4.69, 9.17) is 13.9 Å². The minimum Gasteiger partial charge on any atom is -0.493 e. The molecule has 28 heavy (non-hydrogen) atoms. The van der Waals surface area contributed by atoms with Crippen LogP contribution in [0.4, 0.5) is 0 Å². The Morgan fingerprint density at radius 2 is 1.82 bits per heavy atom. The smallest absolute Gasteiger partial charge is 0.349 e. The molecule has 1 heterocycles. The number of amides is 2. The fourth-order valence-corrected chi connectivity index (χ4v) is 2.74. The Morgan fingerprint density at radius 3 is 2.57 bits per heavy atom. The van der Waals surface area contributed by atoms with Crippen molar-refractivity contribution in [1.29, 1.82) is 0 Å². The van der Waals surface area contributed by atoms with Gasteiger partial charge in [0.2, 0.25) is 0 Å². The number of fused-ring (bicyclic) bond motifs is 1. The van der Waals surface area contributed by atoms with Crippen molar-refractivity contribution in [2.45, 2.75) is 0 Å². The Balaban J connectivity index is 1.62. The van der Waals surface area contributed by atoms with Crippen molar-refractivity contribution < 1.29 is 23.5 Å². The first-order valence-electron chi connectivity index (χ1n) is 8.06. The lowest BCUT2D eigenvalue weighted by Crippen LogP contribution is -2.45. The Bertz CT molecular complexity index is 1100. The molecule has 2 amide bonds. The van der Waals surface area contributed by atoms with E-state index in [1.807, 2.05) is 0 Å². The molecule has 0 aliphatic heterocycles. The zero-order chi connectivity index (χ0) is 20.1. The highest BCUT2D eigenvalue weighted by atomic mass is 79.9. The van der Waals surface area contributed by atoms with Gasteiger partial charge in [0.05, 0.1) is 7.11 Å². The number of halogens is 1. The minimum atomic E-state index is -0.813. The van der Waals surface area contributed by atoms with Crippen LogP contribution in [-0.4, -0.2) is 25.5 Å². The standard InChI is InChI=1S/C19H15BrN2O6/c1-26-15-4-2-3-5-16(15)27-10-17(23)21-22-18(24)13-9-11-8-12(20)6-7-14(11)28-19(13)25/h2-9H,10H2,1H3,(H,21,23)(H,22,24). The van der Waals surface area contributed by atoms with E-state index in [9.17, 15) is 14.4 Å². The summed E-state index contributed by atoms with van der Waals surface area (Å²) in [5.41, 5.74) is 3.64. The topological polar surface area (TPSA) is 107 Å². The first-order valence-corrected chi connectivity index (χ1v) is 8.85. The summed E-state index contributed by atoms with van der Waals surface area (Å²) in [4.78, 5) is 36.1. The van der Waals surface area contributed by atoms with Gasteiger partial charge in [0, 0.05) is 9.86 Å². The molecular weight excluding hydrogens is 432 g/mol. The summed E-state index contributed by atoms with van der Waals surface area (Å²) in [6.45, 7) is -0.361. The number of benzene rings is 2. The molecule has 1 aromatic heterocycles. The summed E-state index contributed by atoms with van der Waals surface area (Å²) in [6.07, 6.45) is 0. The first-order chi connectivity index (χ1) is 13.5. The summed E-state index contributed by atoms with van der Waals surface area (Å²) < 4.78 is 16.3. The van der Waals surface area contributed by atoms with Gasteiger partial charge in [-0.3, -0.25) is 20.4 Å². The van der Waals surface area contributed by atoms with E-state index in [1.54, 1.807) is 42.5 Å². The van der Waals surface area contributed by atoms with E-state index in [0.717, 1.165) is 4.47 Å². The van der Waals surface area contributed by atoms with E-state index in [1.165, 1.54) is 13.2 Å². The molecule has 0 atom stereocenters. The van der Waals surface area contributed by atoms with Crippen LogP contribution < -0.4 is 26.0 Å². The van der Waals surface area contributed by atoms with Gasteiger partial charge in [-0.05, 0) is 36.4 Å². The third-order valence-corrected chi connectivity index (χ3v) is 4.18. The second-order valence-electron chi connectivity index (χ2n) is 5.57. The van der Waals surface area contributed by atoms with Gasteiger partial charge in [-0.2, -0.15) is 0 Å². The number of hydrazine groups is 1. The molecule has 2 N–H and O–H groups in total. The molecule has 2 aromatic carbocycles. The van der Waals surface area contributed by atoms with E-state index < -0.39 is 17.4 Å². The molecular formula is C19H15BrN2O6. The fraction of sp³-hybridized carbons (Fsp3) is 0.105. The molecule has 9 heteroatoms. The highest BCUT2D eigenvalue weighted by Gasteiger charge is 2.15. The highest BCUT2D eigenvalue weighted by molar-refractivity contribution is 9.10. The lowest BCUT2D eigenvalue weighted by molar-refractivity contribution is -0.123. The van der Waals surface area contributed by atoms with Crippen LogP contribution in [0.1, 0.15) is 10.4 Å². The van der Waals surface area contributed by atoms with Crippen LogP contribution in [-0.2, 0) is 4.79 Å². The van der Waals surface area contributed by atoms with Gasteiger partial charge in [-0.15, -0.1) is 0 Å². The van der Waals surface area contributed by atoms with Crippen molar-refractivity contribution in [3.05, 3.63) is 69.0 Å². The number of hydrogen-bond donors (Lipinski definition) is 2. The molecule has 0 bridgehead atoms. The molecule has 0 aliphatic carbocycles. The summed E-state index contributed by atoms with van der Waals surface area (Å²) in [6, 6.07) is 13.2. The zero-order valence-corrected chi connectivity index (χ0v) is 16.2. The van der Waals surface area contributed by atoms with Crippen molar-refractivity contribution in [3.63, 3.8) is 0 Å². The lowest BCUT2D eigenvalue weighted by atomic mass is 10.2. The molecule has 0 unspecified atom stereocenters. The average molecular weight is 447 g/mol. The van der Waals surface area contributed by atoms with Crippen molar-refractivity contribution in [2.75, 3.05) is 13.7 Å². The van der Waals surface area contributed by atoms with Crippen molar-refractivity contribution in [1.82, 2.24) is 10.9 Å². The number of nitrogens with one attached hydrogen (secondary N) is 2. The molecule has 0 saturated heterocycles. The van der Waals surface area contributed by atoms with E-state index in [0.29, 0.717) is 22.5 Å². The van der Waals surface area contributed by atoms with E-state index >= 15 is 0 Å². The van der Waals surface area contributed by atoms with Crippen LogP contribution in [0.25, 0.3) is 11.0 Å². The molecule has 0 aliphatic rings. The summed E-state index contributed by atoms with van der Waals surface area (Å²) in [7, 11) is 1.48. The second kappa shape index (κ2) is 8.57. The number of hydrogen-bond acceptors (Lipinski definition) is 6. The number of carbonyl (C=O) groups excluding carboxylic acids is 2. The third kappa shape index (κ3) is 4.49. The first kappa shape index (κ1) is 19.4. The van der Waals surface area contributed by atoms with Crippen molar-refractivity contribution in [2.24, 2.45) is 0 Å². The van der Waals surface area contributed by atoms with Gasteiger partial charge < -0.3 is 13.9 Å². The zero-order valence-electron chi connectivity index (χ0n) is 14.7. The Hall–Kier alpha value is -3.33. The molecule has 3 rings (SSSR count). The maximum Gasteiger partial charge on any atom is 0.349 e. The van der Waals surface area contributed by atoms with Crippen LogP contribution in [0.15, 0.2) is 62.2 Å². The Labute approximate surface area is 167 Å². The van der Waals surface area contributed by atoms with Crippen LogP contribution in [0, 0.1) is 0 Å². The van der Waals surface area contributed by atoms with Crippen LogP contribution >= 0.6 is 15.9 Å². The monoisotopic (exact) mass is 446 g/mol. The number of rotatable bonds is 5. The van der Waals surface area contributed by atoms with Crippen LogP contribution in [0.5, 0.6) is 11.5 Å². The summed E-state index contributed by atoms with van der Waals surface area (Å²) in [5, 5.41) is 0.560. The number of methoxy groups -OCH3 is 1. The summed E-state index contributed by atoms with van der Waals surface area (Å²) in [5.74, 6) is -0.569. The van der Waals surface area contributed by atoms with Crippen LogP contribution in [0.2, 0.25) is 0 Å². The molecule has 0 spiro atoms. The van der Waals surface area contributed by atoms with Gasteiger partial charge in [-0.25, -0.2) is 4.79 Å². The largest absolute Gasteiger partial charge is 0.493 e. The predicted octanol–water partition coefficient (Wildman–Crippen LogP) is 2.40. The van der Waals surface area contributed by atoms with Gasteiger partial charge in [0.25, 0.3) is 11.8 Å². The third-order valence-electron chi connectivity index (χ3n) is 3.68. The Kier molecular flexibility index (Phi) is 5.95. The maximum atomic E-state index is 12.2. The Morgan fingerprint density at radius 1 is 1.07 bits per heavy atom. The molecule has 0 fully saturated rings. The molecule has 0 radical (unpaired) electrons. The van der Waals surface area contributed by atoms with Gasteiger partial charge in [-0.1, -0.05) is 28.1 Å². The predicted molar refractivity (Wildman–Crippen MR) is 104 cm³/mol. The normalized spacial score (nSPS) is 10.4. The van der Waals surface area contributed by atoms with Gasteiger partial charge in [0.1, 0.15) is 11.1 Å². The fourth-order valence-electron chi connectivity index (χ4n) is 2.36. The van der Waals surface area contributed by atoms with E-state index in [-0.39, 0.29) is 12.2 Å². The van der Waals surface area contributed by atoms with Crippen LogP contribution in [0.3, 0.4) is 0 Å². The lowest BCUT2D eigenvalue weighted by Gasteiger charge is -2.11. The second-order valence-corrected chi connectivity index (χ2v) is 6.49. The molecule has 8 nitrogen and oxygen atoms in total. The summed E-state index contributed by atoms with van der Waals surface area (Å²) >= 11 is 3.31. The van der Waals surface area contributed by atoms with E-state index in [2.05, 4.69) is 26.8 Å². The van der Waals surface area contributed by atoms with Crippen molar-refractivity contribution in [3.8, 4) is 11.5 Å². The van der Waals surface area contributed by atoms with Gasteiger partial charge in [0.15, 0.2) is 18.1 Å². The maximum absolute atomic E-state index is 12.2. The molecule has 144 valence electrons. The minimum absolute atomic E-state index is 0.239. The molecule has 0 saturated carbocycles. The quantitative estimate of drug-likeness (QED) is 0.460. The number of ether oxygens (including phenoxy) is 2. The highest BCUT2D eigenvalue weighted by Crippen LogP contribution is 2.25. The average Bonchev–Trinajstić information content (AvgIpc) is 2.70.